The molecular formula is C15H24N2O. The van der Waals surface area contributed by atoms with Gasteiger partial charge in [0.2, 0.25) is 0 Å². The molecular weight excluding hydrogens is 224 g/mol. The Morgan fingerprint density at radius 3 is 2.33 bits per heavy atom. The Labute approximate surface area is 110 Å². The van der Waals surface area contributed by atoms with Crippen LogP contribution in [0.1, 0.15) is 46.8 Å². The molecule has 0 radical (unpaired) electrons. The maximum Gasteiger partial charge on any atom is 0.251 e. The average Bonchev–Trinajstić information content (AvgIpc) is 2.25. The number of nitrogens with two attached hydrogens (primary N) is 1. The van der Waals surface area contributed by atoms with Gasteiger partial charge in [-0.05, 0) is 38.3 Å². The molecule has 0 spiro atoms. The van der Waals surface area contributed by atoms with Crippen LogP contribution in [-0.4, -0.2) is 18.5 Å². The topological polar surface area (TPSA) is 55.1 Å². The first kappa shape index (κ1) is 14.7. The van der Waals surface area contributed by atoms with Crippen molar-refractivity contribution in [2.24, 2.45) is 5.73 Å². The Hall–Kier alpha value is -1.35. The molecule has 1 aromatic carbocycles. The highest BCUT2D eigenvalue weighted by molar-refractivity contribution is 5.97. The zero-order valence-electron chi connectivity index (χ0n) is 11.8. The van der Waals surface area contributed by atoms with Crippen LogP contribution >= 0.6 is 0 Å². The second kappa shape index (κ2) is 6.55. The normalized spacial score (nSPS) is 12.3. The third kappa shape index (κ3) is 3.84. The van der Waals surface area contributed by atoms with Gasteiger partial charge in [-0.3, -0.25) is 4.79 Å². The number of nitrogens with one attached hydrogen (secondary N) is 1. The molecule has 18 heavy (non-hydrogen) atoms. The first-order chi connectivity index (χ1) is 8.45. The van der Waals surface area contributed by atoms with Crippen LogP contribution in [0, 0.1) is 20.8 Å². The van der Waals surface area contributed by atoms with Gasteiger partial charge in [-0.1, -0.05) is 31.0 Å². The molecule has 0 heterocycles. The Bertz CT molecular complexity index is 403. The van der Waals surface area contributed by atoms with Gasteiger partial charge in [0.05, 0.1) is 0 Å². The van der Waals surface area contributed by atoms with Crippen LogP contribution in [0.25, 0.3) is 0 Å². The fraction of sp³-hybridized carbons (Fsp3) is 0.533. The van der Waals surface area contributed by atoms with Gasteiger partial charge >= 0.3 is 0 Å². The predicted octanol–water partition coefficient (Wildman–Crippen LogP) is 2.47. The largest absolute Gasteiger partial charge is 0.350 e. The SMILES string of the molecule is CCCC(N)CNC(=O)c1c(C)cc(C)cc1C. The fourth-order valence-corrected chi connectivity index (χ4v) is 2.32. The van der Waals surface area contributed by atoms with E-state index >= 15 is 0 Å². The van der Waals surface area contributed by atoms with Crippen molar-refractivity contribution >= 4 is 5.91 Å². The van der Waals surface area contributed by atoms with Crippen molar-refractivity contribution < 1.29 is 4.79 Å². The summed E-state index contributed by atoms with van der Waals surface area (Å²) >= 11 is 0. The third-order valence-corrected chi connectivity index (χ3v) is 3.09. The highest BCUT2D eigenvalue weighted by atomic mass is 16.1. The van der Waals surface area contributed by atoms with Gasteiger partial charge in [-0.15, -0.1) is 0 Å². The summed E-state index contributed by atoms with van der Waals surface area (Å²) in [7, 11) is 0. The van der Waals surface area contributed by atoms with Gasteiger partial charge in [0.15, 0.2) is 0 Å². The fourth-order valence-electron chi connectivity index (χ4n) is 2.32. The molecule has 3 heteroatoms. The lowest BCUT2D eigenvalue weighted by Crippen LogP contribution is -2.37. The summed E-state index contributed by atoms with van der Waals surface area (Å²) in [6.45, 7) is 8.62. The standard InChI is InChI=1S/C15H24N2O/c1-5-6-13(16)9-17-15(18)14-11(3)7-10(2)8-12(14)4/h7-8,13H,5-6,9,16H2,1-4H3,(H,17,18). The second-order valence-corrected chi connectivity index (χ2v) is 5.03. The van der Waals surface area contributed by atoms with Crippen LogP contribution in [0.4, 0.5) is 0 Å². The number of carbonyl (C=O) groups excluding carboxylic acids is 1. The van der Waals surface area contributed by atoms with E-state index in [4.69, 9.17) is 5.73 Å². The van der Waals surface area contributed by atoms with Crippen molar-refractivity contribution in [2.45, 2.75) is 46.6 Å². The molecule has 0 fully saturated rings. The molecule has 0 saturated carbocycles. The molecule has 3 nitrogen and oxygen atoms in total. The Kier molecular flexibility index (Phi) is 5.35. The highest BCUT2D eigenvalue weighted by Gasteiger charge is 2.13. The quantitative estimate of drug-likeness (QED) is 0.841. The second-order valence-electron chi connectivity index (χ2n) is 5.03. The van der Waals surface area contributed by atoms with Crippen LogP contribution in [-0.2, 0) is 0 Å². The van der Waals surface area contributed by atoms with E-state index in [9.17, 15) is 4.79 Å². The summed E-state index contributed by atoms with van der Waals surface area (Å²) in [6, 6.07) is 4.12. The number of hydrogen-bond donors (Lipinski definition) is 2. The molecule has 0 aromatic heterocycles. The molecule has 1 unspecified atom stereocenters. The zero-order valence-corrected chi connectivity index (χ0v) is 11.8. The van der Waals surface area contributed by atoms with Crippen LogP contribution < -0.4 is 11.1 Å². The predicted molar refractivity (Wildman–Crippen MR) is 75.9 cm³/mol. The van der Waals surface area contributed by atoms with Gasteiger partial charge in [0.1, 0.15) is 0 Å². The summed E-state index contributed by atoms with van der Waals surface area (Å²) in [6.07, 6.45) is 1.98. The lowest BCUT2D eigenvalue weighted by molar-refractivity contribution is 0.0949. The smallest absolute Gasteiger partial charge is 0.251 e. The van der Waals surface area contributed by atoms with Crippen molar-refractivity contribution in [3.63, 3.8) is 0 Å². The Balaban J connectivity index is 2.73. The monoisotopic (exact) mass is 248 g/mol. The highest BCUT2D eigenvalue weighted by Crippen LogP contribution is 2.16. The lowest BCUT2D eigenvalue weighted by Gasteiger charge is -2.14. The number of carbonyl (C=O) groups is 1. The zero-order chi connectivity index (χ0) is 13.7. The molecule has 0 aliphatic rings. The van der Waals surface area contributed by atoms with Crippen molar-refractivity contribution in [3.05, 3.63) is 34.4 Å². The first-order valence-corrected chi connectivity index (χ1v) is 6.57. The van der Waals surface area contributed by atoms with Crippen molar-refractivity contribution in [1.29, 1.82) is 0 Å². The van der Waals surface area contributed by atoms with E-state index < -0.39 is 0 Å². The van der Waals surface area contributed by atoms with Crippen LogP contribution in [0.15, 0.2) is 12.1 Å². The number of rotatable bonds is 5. The molecule has 1 amide bonds. The molecule has 0 bridgehead atoms. The first-order valence-electron chi connectivity index (χ1n) is 6.57. The van der Waals surface area contributed by atoms with Crippen LogP contribution in [0.5, 0.6) is 0 Å². The summed E-state index contributed by atoms with van der Waals surface area (Å²) < 4.78 is 0. The van der Waals surface area contributed by atoms with Gasteiger partial charge < -0.3 is 11.1 Å². The van der Waals surface area contributed by atoms with E-state index in [2.05, 4.69) is 12.2 Å². The minimum Gasteiger partial charge on any atom is -0.350 e. The van der Waals surface area contributed by atoms with Crippen LogP contribution in [0.2, 0.25) is 0 Å². The maximum absolute atomic E-state index is 12.1. The summed E-state index contributed by atoms with van der Waals surface area (Å²) in [4.78, 5) is 12.1. The van der Waals surface area contributed by atoms with Crippen molar-refractivity contribution in [3.8, 4) is 0 Å². The third-order valence-electron chi connectivity index (χ3n) is 3.09. The maximum atomic E-state index is 12.1. The summed E-state index contributed by atoms with van der Waals surface area (Å²) in [5.74, 6) is -0.0171. The van der Waals surface area contributed by atoms with E-state index in [1.165, 1.54) is 5.56 Å². The van der Waals surface area contributed by atoms with Crippen molar-refractivity contribution in [2.75, 3.05) is 6.54 Å². The minimum absolute atomic E-state index is 0.0171. The van der Waals surface area contributed by atoms with E-state index in [0.717, 1.165) is 29.5 Å². The number of benzene rings is 1. The van der Waals surface area contributed by atoms with Gasteiger partial charge in [-0.25, -0.2) is 0 Å². The molecule has 1 atom stereocenters. The van der Waals surface area contributed by atoms with Crippen molar-refractivity contribution in [1.82, 2.24) is 5.32 Å². The molecule has 3 N–H and O–H groups in total. The van der Waals surface area contributed by atoms with Crippen LogP contribution in [0.3, 0.4) is 0 Å². The van der Waals surface area contributed by atoms with Gasteiger partial charge in [0, 0.05) is 18.2 Å². The van der Waals surface area contributed by atoms with E-state index in [1.54, 1.807) is 0 Å². The van der Waals surface area contributed by atoms with E-state index in [0.29, 0.717) is 6.54 Å². The molecule has 1 aromatic rings. The summed E-state index contributed by atoms with van der Waals surface area (Å²) in [5.41, 5.74) is 9.91. The number of amides is 1. The average molecular weight is 248 g/mol. The van der Waals surface area contributed by atoms with E-state index in [1.807, 2.05) is 32.9 Å². The van der Waals surface area contributed by atoms with Gasteiger partial charge in [0.25, 0.3) is 5.91 Å². The lowest BCUT2D eigenvalue weighted by atomic mass is 9.99. The molecule has 0 aliphatic carbocycles. The molecule has 100 valence electrons. The molecule has 0 aliphatic heterocycles. The molecule has 1 rings (SSSR count). The number of aryl methyl sites for hydroxylation is 3. The Morgan fingerprint density at radius 2 is 1.83 bits per heavy atom. The number of hydrogen-bond acceptors (Lipinski definition) is 2. The van der Waals surface area contributed by atoms with Gasteiger partial charge in [-0.2, -0.15) is 0 Å². The molecule has 0 saturated heterocycles. The van der Waals surface area contributed by atoms with E-state index in [-0.39, 0.29) is 11.9 Å². The minimum atomic E-state index is -0.0171. The Morgan fingerprint density at radius 1 is 1.28 bits per heavy atom. The summed E-state index contributed by atoms with van der Waals surface area (Å²) in [5, 5.41) is 2.92.